The molecule has 1 N–H and O–H groups in total. The third kappa shape index (κ3) is 2.11. The Labute approximate surface area is 179 Å². The molecule has 1 saturated heterocycles. The molecule has 0 radical (unpaired) electrons. The van der Waals surface area contributed by atoms with E-state index in [0.717, 1.165) is 0 Å². The zero-order valence-electron chi connectivity index (χ0n) is 13.2. The Bertz CT molecular complexity index is 708. The summed E-state index contributed by atoms with van der Waals surface area (Å²) in [5.74, 6) is -5.53. The van der Waals surface area contributed by atoms with E-state index in [1.54, 1.807) is 0 Å². The third-order valence-electron chi connectivity index (χ3n) is 5.37. The number of carbonyl (C=O) groups is 3. The van der Waals surface area contributed by atoms with Crippen LogP contribution in [0.15, 0.2) is 10.1 Å². The maximum absolute atomic E-state index is 13.0. The van der Waals surface area contributed by atoms with Gasteiger partial charge in [-0.3, -0.25) is 14.5 Å². The molecule has 2 fully saturated rings. The molecule has 0 aromatic carbocycles. The number of carboxylic acid groups (broad SMARTS) is 1. The van der Waals surface area contributed by atoms with Crippen molar-refractivity contribution in [3.63, 3.8) is 0 Å². The maximum atomic E-state index is 13.0. The fourth-order valence-electron chi connectivity index (χ4n) is 4.08. The van der Waals surface area contributed by atoms with Crippen molar-refractivity contribution in [1.82, 2.24) is 4.90 Å². The molecule has 1 saturated carbocycles. The van der Waals surface area contributed by atoms with Gasteiger partial charge in [0.2, 0.25) is 11.8 Å². The Hall–Kier alpha value is 0.0900. The highest BCUT2D eigenvalue weighted by atomic mass is 35.5. The van der Waals surface area contributed by atoms with Gasteiger partial charge in [0.05, 0.1) is 21.9 Å². The van der Waals surface area contributed by atoms with Crippen LogP contribution in [0, 0.1) is 11.8 Å². The Morgan fingerprint density at radius 1 is 1.08 bits per heavy atom. The van der Waals surface area contributed by atoms with Gasteiger partial charge in [-0.15, -0.1) is 23.2 Å². The first-order chi connectivity index (χ1) is 11.9. The van der Waals surface area contributed by atoms with Crippen molar-refractivity contribution in [3.8, 4) is 0 Å². The molecule has 0 spiro atoms. The summed E-state index contributed by atoms with van der Waals surface area (Å²) in [5, 5.41) is 9.11. The van der Waals surface area contributed by atoms with E-state index < -0.39 is 49.7 Å². The van der Waals surface area contributed by atoms with Gasteiger partial charge >= 0.3 is 5.97 Å². The quantitative estimate of drug-likeness (QED) is 0.472. The predicted octanol–water partition coefficient (Wildman–Crippen LogP) is 4.08. The Balaban J connectivity index is 2.12. The van der Waals surface area contributed by atoms with Crippen LogP contribution in [0.25, 0.3) is 0 Å². The number of rotatable bonds is 5. The minimum Gasteiger partial charge on any atom is -0.480 e. The van der Waals surface area contributed by atoms with Gasteiger partial charge in [-0.25, -0.2) is 4.79 Å². The average Bonchev–Trinajstić information content (AvgIpc) is 2.94. The highest BCUT2D eigenvalue weighted by Gasteiger charge is 2.87. The summed E-state index contributed by atoms with van der Waals surface area (Å²) >= 11 is 38.2. The molecule has 11 heteroatoms. The minimum absolute atomic E-state index is 0.106. The lowest BCUT2D eigenvalue weighted by atomic mass is 9.84. The second-order valence-electron chi connectivity index (χ2n) is 6.62. The summed E-state index contributed by atoms with van der Waals surface area (Å²) in [7, 11) is 0. The molecule has 2 amide bonds. The van der Waals surface area contributed by atoms with E-state index in [9.17, 15) is 19.5 Å². The number of allylic oxidation sites excluding steroid dienone is 2. The first kappa shape index (κ1) is 20.8. The Kier molecular flexibility index (Phi) is 5.04. The zero-order chi connectivity index (χ0) is 19.8. The molecule has 2 bridgehead atoms. The molecule has 0 aromatic heterocycles. The van der Waals surface area contributed by atoms with Crippen molar-refractivity contribution in [2.45, 2.75) is 46.3 Å². The lowest BCUT2D eigenvalue weighted by Crippen LogP contribution is -2.53. The Morgan fingerprint density at radius 2 is 1.50 bits per heavy atom. The molecule has 0 aromatic rings. The molecule has 3 aliphatic rings. The summed E-state index contributed by atoms with van der Waals surface area (Å²) in [6.07, 6.45) is 1.31. The number of fused-ring (bicyclic) bond motifs is 5. The number of likely N-dealkylation sites (tertiary alicyclic amines) is 1. The van der Waals surface area contributed by atoms with Crippen LogP contribution in [0.1, 0.15) is 26.2 Å². The monoisotopic (exact) mass is 481 g/mol. The lowest BCUT2D eigenvalue weighted by molar-refractivity contribution is -0.155. The number of unbranched alkanes of at least 4 members (excludes halogenated alkanes) is 1. The fourth-order valence-corrected chi connectivity index (χ4v) is 7.01. The van der Waals surface area contributed by atoms with E-state index in [1.807, 2.05) is 6.92 Å². The Morgan fingerprint density at radius 3 is 1.85 bits per heavy atom. The number of nitrogens with zero attached hydrogens (tertiary/aromatic N) is 1. The predicted molar refractivity (Wildman–Crippen MR) is 100 cm³/mol. The normalized spacial score (nSPS) is 39.0. The van der Waals surface area contributed by atoms with Crippen molar-refractivity contribution in [3.05, 3.63) is 10.1 Å². The number of amides is 2. The standard InChI is InChI=1S/C15H13Cl6NO4/c1-2-3-4-5(12(25)26)22-10(23)6-7(11(22)24)14(19)9(17)8(16)13(6,18)15(14,20)21/h5-7H,2-4H2,1H3,(H,25,26)/t5-,6+,7+,13-,14-/m1/s1. The van der Waals surface area contributed by atoms with Crippen LogP contribution in [0.3, 0.4) is 0 Å². The fraction of sp³-hybridized carbons (Fsp3) is 0.667. The van der Waals surface area contributed by atoms with Crippen molar-refractivity contribution in [2.75, 3.05) is 0 Å². The number of halogens is 6. The van der Waals surface area contributed by atoms with Crippen molar-refractivity contribution >= 4 is 87.4 Å². The summed E-state index contributed by atoms with van der Waals surface area (Å²) in [5.41, 5.74) is 0. The van der Waals surface area contributed by atoms with Crippen molar-refractivity contribution in [2.24, 2.45) is 11.8 Å². The van der Waals surface area contributed by atoms with Gasteiger partial charge in [0.1, 0.15) is 15.8 Å². The summed E-state index contributed by atoms with van der Waals surface area (Å²) in [6.45, 7) is 1.86. The molecule has 5 atom stereocenters. The van der Waals surface area contributed by atoms with E-state index in [1.165, 1.54) is 0 Å². The van der Waals surface area contributed by atoms with E-state index in [2.05, 4.69) is 0 Å². The molecule has 3 rings (SSSR count). The lowest BCUT2D eigenvalue weighted by Gasteiger charge is -2.35. The van der Waals surface area contributed by atoms with Gasteiger partial charge in [0.25, 0.3) is 0 Å². The van der Waals surface area contributed by atoms with Crippen LogP contribution in [-0.4, -0.2) is 47.9 Å². The first-order valence-electron chi connectivity index (χ1n) is 7.82. The van der Waals surface area contributed by atoms with Crippen LogP contribution in [0.4, 0.5) is 0 Å². The zero-order valence-corrected chi connectivity index (χ0v) is 17.8. The van der Waals surface area contributed by atoms with Crippen molar-refractivity contribution < 1.29 is 19.5 Å². The number of hydrogen-bond donors (Lipinski definition) is 1. The van der Waals surface area contributed by atoms with Crippen LogP contribution in [-0.2, 0) is 14.4 Å². The van der Waals surface area contributed by atoms with Gasteiger partial charge in [-0.2, -0.15) is 0 Å². The second-order valence-corrected chi connectivity index (χ2v) is 9.90. The second kappa shape index (κ2) is 6.30. The highest BCUT2D eigenvalue weighted by molar-refractivity contribution is 6.66. The summed E-state index contributed by atoms with van der Waals surface area (Å²) < 4.78 is -2.02. The number of hydrogen-bond acceptors (Lipinski definition) is 3. The van der Waals surface area contributed by atoms with Gasteiger partial charge in [-0.1, -0.05) is 66.2 Å². The van der Waals surface area contributed by atoms with E-state index >= 15 is 0 Å². The van der Waals surface area contributed by atoms with Crippen LogP contribution >= 0.6 is 69.6 Å². The molecule has 2 aliphatic carbocycles. The topological polar surface area (TPSA) is 74.7 Å². The molecule has 144 valence electrons. The third-order valence-corrected chi connectivity index (χ3v) is 9.63. The average molecular weight is 484 g/mol. The SMILES string of the molecule is CCCC[C@H](C(=O)O)N1C(=O)[C@@H]2[C@@H](C1=O)[C@@]1(Cl)C(Cl)=C(Cl)[C@@]2(Cl)C1(Cl)Cl. The van der Waals surface area contributed by atoms with E-state index in [4.69, 9.17) is 69.6 Å². The minimum atomic E-state index is -2.02. The number of aliphatic carboxylic acids is 1. The first-order valence-corrected chi connectivity index (χ1v) is 10.1. The van der Waals surface area contributed by atoms with Crippen LogP contribution in [0.5, 0.6) is 0 Å². The molecule has 1 aliphatic heterocycles. The van der Waals surface area contributed by atoms with Gasteiger partial charge in [-0.05, 0) is 6.42 Å². The molecule has 5 nitrogen and oxygen atoms in total. The number of carboxylic acids is 1. The van der Waals surface area contributed by atoms with Gasteiger partial charge in [0, 0.05) is 0 Å². The molecular formula is C15H13Cl6NO4. The summed E-state index contributed by atoms with van der Waals surface area (Å²) in [6, 6.07) is -1.34. The molecule has 26 heavy (non-hydrogen) atoms. The van der Waals surface area contributed by atoms with E-state index in [0.29, 0.717) is 17.7 Å². The summed E-state index contributed by atoms with van der Waals surface area (Å²) in [4.78, 5) is 34.6. The number of alkyl halides is 4. The highest BCUT2D eigenvalue weighted by Crippen LogP contribution is 2.77. The van der Waals surface area contributed by atoms with Crippen LogP contribution in [0.2, 0.25) is 0 Å². The van der Waals surface area contributed by atoms with Crippen LogP contribution < -0.4 is 0 Å². The molecule has 0 unspecified atom stereocenters. The van der Waals surface area contributed by atoms with Gasteiger partial charge < -0.3 is 5.11 Å². The smallest absolute Gasteiger partial charge is 0.326 e. The van der Waals surface area contributed by atoms with Crippen molar-refractivity contribution in [1.29, 1.82) is 0 Å². The largest absolute Gasteiger partial charge is 0.480 e. The molecular weight excluding hydrogens is 471 g/mol. The van der Waals surface area contributed by atoms with E-state index in [-0.39, 0.29) is 16.5 Å². The number of imide groups is 1. The molecule has 1 heterocycles. The van der Waals surface area contributed by atoms with Gasteiger partial charge in [0.15, 0.2) is 4.33 Å². The number of carbonyl (C=O) groups excluding carboxylic acids is 2. The maximum Gasteiger partial charge on any atom is 0.326 e.